The van der Waals surface area contributed by atoms with Gasteiger partial charge >= 0.3 is 0 Å². The average Bonchev–Trinajstić information content (AvgIpc) is 2.46. The first kappa shape index (κ1) is 12.3. The van der Waals surface area contributed by atoms with Crippen LogP contribution in [-0.2, 0) is 0 Å². The van der Waals surface area contributed by atoms with Gasteiger partial charge < -0.3 is 10.6 Å². The van der Waals surface area contributed by atoms with Gasteiger partial charge in [-0.2, -0.15) is 5.26 Å². The topological polar surface area (TPSA) is 56.3 Å². The Labute approximate surface area is 114 Å². The molecular formula is C15H20N4. The highest BCUT2D eigenvalue weighted by Crippen LogP contribution is 2.29. The van der Waals surface area contributed by atoms with E-state index in [2.05, 4.69) is 15.9 Å². The summed E-state index contributed by atoms with van der Waals surface area (Å²) in [6.45, 7) is 4.48. The molecule has 19 heavy (non-hydrogen) atoms. The standard InChI is InChI=1S/C15H20N4/c16-10-12-4-5-15(14(17)9-12)19-8-7-18-6-2-1-3-13(18)11-19/h4-5,9,13H,1-3,6-8,11,17H2. The Morgan fingerprint density at radius 3 is 2.89 bits per heavy atom. The van der Waals surface area contributed by atoms with Crippen molar-refractivity contribution < 1.29 is 0 Å². The maximum absolute atomic E-state index is 8.89. The Balaban J connectivity index is 1.78. The number of nitriles is 1. The van der Waals surface area contributed by atoms with Crippen LogP contribution in [0.5, 0.6) is 0 Å². The molecule has 100 valence electrons. The van der Waals surface area contributed by atoms with E-state index in [4.69, 9.17) is 11.0 Å². The lowest BCUT2D eigenvalue weighted by Crippen LogP contribution is -2.55. The number of hydrogen-bond donors (Lipinski definition) is 1. The minimum atomic E-state index is 0.637. The monoisotopic (exact) mass is 256 g/mol. The third-order valence-electron chi connectivity index (χ3n) is 4.33. The van der Waals surface area contributed by atoms with Crippen molar-refractivity contribution in [3.05, 3.63) is 23.8 Å². The van der Waals surface area contributed by atoms with Crippen molar-refractivity contribution in [2.45, 2.75) is 25.3 Å². The molecule has 0 spiro atoms. The van der Waals surface area contributed by atoms with Crippen molar-refractivity contribution >= 4 is 11.4 Å². The van der Waals surface area contributed by atoms with Crippen molar-refractivity contribution in [2.24, 2.45) is 0 Å². The maximum Gasteiger partial charge on any atom is 0.0992 e. The number of hydrogen-bond acceptors (Lipinski definition) is 4. The number of anilines is 2. The van der Waals surface area contributed by atoms with Gasteiger partial charge in [0.1, 0.15) is 0 Å². The Kier molecular flexibility index (Phi) is 3.31. The summed E-state index contributed by atoms with van der Waals surface area (Å²) in [6.07, 6.45) is 3.99. The lowest BCUT2D eigenvalue weighted by atomic mass is 9.99. The van der Waals surface area contributed by atoms with Crippen LogP contribution in [0.1, 0.15) is 24.8 Å². The molecule has 0 aromatic heterocycles. The minimum Gasteiger partial charge on any atom is -0.397 e. The highest BCUT2D eigenvalue weighted by molar-refractivity contribution is 5.69. The summed E-state index contributed by atoms with van der Waals surface area (Å²) in [6, 6.07) is 8.45. The number of rotatable bonds is 1. The van der Waals surface area contributed by atoms with E-state index in [9.17, 15) is 0 Å². The van der Waals surface area contributed by atoms with Gasteiger partial charge in [0.25, 0.3) is 0 Å². The van der Waals surface area contributed by atoms with Gasteiger partial charge in [0, 0.05) is 25.7 Å². The van der Waals surface area contributed by atoms with Crippen LogP contribution in [-0.4, -0.2) is 37.1 Å². The van der Waals surface area contributed by atoms with E-state index in [1.165, 1.54) is 25.8 Å². The van der Waals surface area contributed by atoms with Crippen LogP contribution in [0.4, 0.5) is 11.4 Å². The molecule has 1 aromatic carbocycles. The molecule has 0 aliphatic carbocycles. The lowest BCUT2D eigenvalue weighted by molar-refractivity contribution is 0.133. The summed E-state index contributed by atoms with van der Waals surface area (Å²) in [5.74, 6) is 0. The number of fused-ring (bicyclic) bond motifs is 1. The first-order valence-corrected chi connectivity index (χ1v) is 7.06. The van der Waals surface area contributed by atoms with Gasteiger partial charge in [0.05, 0.1) is 23.0 Å². The van der Waals surface area contributed by atoms with E-state index in [0.29, 0.717) is 11.6 Å². The molecular weight excluding hydrogens is 236 g/mol. The number of piperazine rings is 1. The molecule has 2 aliphatic rings. The second-order valence-corrected chi connectivity index (χ2v) is 5.52. The summed E-state index contributed by atoms with van der Waals surface area (Å²) in [5, 5.41) is 8.89. The molecule has 2 aliphatic heterocycles. The van der Waals surface area contributed by atoms with Crippen molar-refractivity contribution in [3.63, 3.8) is 0 Å². The molecule has 0 bridgehead atoms. The first-order valence-electron chi connectivity index (χ1n) is 7.06. The fourth-order valence-electron chi connectivity index (χ4n) is 3.29. The van der Waals surface area contributed by atoms with Crippen LogP contribution in [0.2, 0.25) is 0 Å². The van der Waals surface area contributed by atoms with E-state index in [0.717, 1.165) is 31.0 Å². The maximum atomic E-state index is 8.89. The summed E-state index contributed by atoms with van der Waals surface area (Å²) in [4.78, 5) is 4.99. The number of nitrogens with zero attached hydrogens (tertiary/aromatic N) is 3. The largest absolute Gasteiger partial charge is 0.397 e. The predicted octanol–water partition coefficient (Wildman–Crippen LogP) is 1.81. The van der Waals surface area contributed by atoms with Crippen LogP contribution in [0, 0.1) is 11.3 Å². The second-order valence-electron chi connectivity index (χ2n) is 5.52. The Morgan fingerprint density at radius 1 is 1.21 bits per heavy atom. The van der Waals surface area contributed by atoms with Gasteiger partial charge in [-0.3, -0.25) is 4.90 Å². The Morgan fingerprint density at radius 2 is 2.11 bits per heavy atom. The molecule has 1 aromatic rings. The quantitative estimate of drug-likeness (QED) is 0.779. The molecule has 2 fully saturated rings. The van der Waals surface area contributed by atoms with Crippen molar-refractivity contribution in [2.75, 3.05) is 36.8 Å². The Bertz CT molecular complexity index is 505. The third-order valence-corrected chi connectivity index (χ3v) is 4.33. The second kappa shape index (κ2) is 5.10. The van der Waals surface area contributed by atoms with Gasteiger partial charge in [-0.1, -0.05) is 6.42 Å². The molecule has 2 saturated heterocycles. The van der Waals surface area contributed by atoms with Crippen LogP contribution < -0.4 is 10.6 Å². The summed E-state index contributed by atoms with van der Waals surface area (Å²) < 4.78 is 0. The highest BCUT2D eigenvalue weighted by Gasteiger charge is 2.29. The van der Waals surface area contributed by atoms with Crippen LogP contribution in [0.15, 0.2) is 18.2 Å². The molecule has 2 heterocycles. The van der Waals surface area contributed by atoms with E-state index in [1.54, 1.807) is 6.07 Å². The Hall–Kier alpha value is -1.73. The van der Waals surface area contributed by atoms with E-state index in [1.807, 2.05) is 12.1 Å². The van der Waals surface area contributed by atoms with Gasteiger partial charge in [-0.05, 0) is 37.6 Å². The van der Waals surface area contributed by atoms with Crippen molar-refractivity contribution in [3.8, 4) is 6.07 Å². The summed E-state index contributed by atoms with van der Waals surface area (Å²) in [5.41, 5.74) is 8.54. The van der Waals surface area contributed by atoms with Gasteiger partial charge in [-0.25, -0.2) is 0 Å². The van der Waals surface area contributed by atoms with Crippen molar-refractivity contribution in [1.29, 1.82) is 5.26 Å². The fourth-order valence-corrected chi connectivity index (χ4v) is 3.29. The number of piperidine rings is 1. The molecule has 2 N–H and O–H groups in total. The van der Waals surface area contributed by atoms with Crippen LogP contribution in [0.25, 0.3) is 0 Å². The van der Waals surface area contributed by atoms with E-state index >= 15 is 0 Å². The molecule has 4 nitrogen and oxygen atoms in total. The molecule has 4 heteroatoms. The van der Waals surface area contributed by atoms with Crippen molar-refractivity contribution in [1.82, 2.24) is 4.90 Å². The lowest BCUT2D eigenvalue weighted by Gasteiger charge is -2.45. The minimum absolute atomic E-state index is 0.637. The van der Waals surface area contributed by atoms with E-state index in [-0.39, 0.29) is 0 Å². The summed E-state index contributed by atoms with van der Waals surface area (Å²) >= 11 is 0. The third kappa shape index (κ3) is 2.39. The molecule has 3 rings (SSSR count). The SMILES string of the molecule is N#Cc1ccc(N2CCN3CCCCC3C2)c(N)c1. The average molecular weight is 256 g/mol. The normalized spacial score (nSPS) is 23.7. The zero-order chi connectivity index (χ0) is 13.2. The molecule has 1 atom stereocenters. The number of nitrogen functional groups attached to an aromatic ring is 1. The van der Waals surface area contributed by atoms with Gasteiger partial charge in [-0.15, -0.1) is 0 Å². The van der Waals surface area contributed by atoms with Crippen LogP contribution in [0.3, 0.4) is 0 Å². The van der Waals surface area contributed by atoms with Gasteiger partial charge in [0.2, 0.25) is 0 Å². The van der Waals surface area contributed by atoms with E-state index < -0.39 is 0 Å². The molecule has 0 radical (unpaired) electrons. The zero-order valence-electron chi connectivity index (χ0n) is 11.2. The number of nitrogens with two attached hydrogens (primary N) is 1. The molecule has 0 saturated carbocycles. The van der Waals surface area contributed by atoms with Gasteiger partial charge in [0.15, 0.2) is 0 Å². The smallest absolute Gasteiger partial charge is 0.0992 e. The molecule has 1 unspecified atom stereocenters. The number of benzene rings is 1. The predicted molar refractivity (Wildman–Crippen MR) is 77.0 cm³/mol. The fraction of sp³-hybridized carbons (Fsp3) is 0.533. The highest BCUT2D eigenvalue weighted by atomic mass is 15.3. The summed E-state index contributed by atoms with van der Waals surface area (Å²) in [7, 11) is 0. The zero-order valence-corrected chi connectivity index (χ0v) is 11.2. The van der Waals surface area contributed by atoms with Crippen LogP contribution >= 0.6 is 0 Å². The molecule has 0 amide bonds. The first-order chi connectivity index (χ1) is 9.28.